The van der Waals surface area contributed by atoms with Crippen molar-refractivity contribution < 1.29 is 13.2 Å². The fraction of sp³-hybridized carbons (Fsp3) is 0.667. The minimum Gasteiger partial charge on any atom is -0.337 e. The highest BCUT2D eigenvalue weighted by molar-refractivity contribution is 8.00. The van der Waals surface area contributed by atoms with Crippen molar-refractivity contribution in [3.63, 3.8) is 0 Å². The zero-order valence-electron chi connectivity index (χ0n) is 9.08. The zero-order valence-corrected chi connectivity index (χ0v) is 9.90. The Morgan fingerprint density at radius 1 is 1.56 bits per heavy atom. The van der Waals surface area contributed by atoms with Crippen LogP contribution < -0.4 is 5.32 Å². The molecule has 0 saturated heterocycles. The summed E-state index contributed by atoms with van der Waals surface area (Å²) in [6.07, 6.45) is 3.47. The molecule has 0 aliphatic rings. The molecule has 0 aromatic carbocycles. The highest BCUT2D eigenvalue weighted by Crippen LogP contribution is 2.29. The van der Waals surface area contributed by atoms with Crippen LogP contribution in [-0.4, -0.2) is 27.4 Å². The second-order valence-electron chi connectivity index (χ2n) is 3.37. The van der Waals surface area contributed by atoms with E-state index in [2.05, 4.69) is 10.3 Å². The molecule has 0 amide bonds. The predicted octanol–water partition coefficient (Wildman–Crippen LogP) is 2.32. The van der Waals surface area contributed by atoms with Crippen molar-refractivity contribution in [2.45, 2.75) is 18.5 Å². The Hall–Kier alpha value is -0.690. The maximum absolute atomic E-state index is 11.8. The van der Waals surface area contributed by atoms with Gasteiger partial charge >= 0.3 is 5.51 Å². The van der Waals surface area contributed by atoms with E-state index in [0.717, 1.165) is 5.82 Å². The predicted molar refractivity (Wildman–Crippen MR) is 58.1 cm³/mol. The topological polar surface area (TPSA) is 29.9 Å². The third-order valence-corrected chi connectivity index (χ3v) is 2.80. The number of alkyl halides is 3. The van der Waals surface area contributed by atoms with E-state index in [1.807, 2.05) is 18.5 Å². The van der Waals surface area contributed by atoms with Gasteiger partial charge in [-0.2, -0.15) is 13.2 Å². The summed E-state index contributed by atoms with van der Waals surface area (Å²) in [6, 6.07) is -0.0474. The number of aromatic nitrogens is 2. The van der Waals surface area contributed by atoms with Crippen molar-refractivity contribution in [3.8, 4) is 0 Å². The van der Waals surface area contributed by atoms with Gasteiger partial charge in [-0.1, -0.05) is 0 Å². The summed E-state index contributed by atoms with van der Waals surface area (Å²) in [7, 11) is 1.85. The van der Waals surface area contributed by atoms with Gasteiger partial charge in [0.25, 0.3) is 0 Å². The third kappa shape index (κ3) is 4.44. The van der Waals surface area contributed by atoms with Crippen LogP contribution >= 0.6 is 11.8 Å². The van der Waals surface area contributed by atoms with Crippen molar-refractivity contribution in [1.82, 2.24) is 14.9 Å². The second-order valence-corrected chi connectivity index (χ2v) is 4.53. The van der Waals surface area contributed by atoms with Crippen LogP contribution in [-0.2, 0) is 7.05 Å². The van der Waals surface area contributed by atoms with E-state index in [1.54, 1.807) is 12.4 Å². The summed E-state index contributed by atoms with van der Waals surface area (Å²) in [5.74, 6) is 0.829. The number of thioether (sulfide) groups is 1. The highest BCUT2D eigenvalue weighted by Gasteiger charge is 2.27. The van der Waals surface area contributed by atoms with Crippen LogP contribution in [0.2, 0.25) is 0 Å². The van der Waals surface area contributed by atoms with Crippen LogP contribution in [0.25, 0.3) is 0 Å². The molecule has 1 N–H and O–H groups in total. The van der Waals surface area contributed by atoms with Crippen molar-refractivity contribution in [1.29, 1.82) is 0 Å². The van der Waals surface area contributed by atoms with Gasteiger partial charge in [-0.05, 0) is 18.7 Å². The van der Waals surface area contributed by atoms with Gasteiger partial charge < -0.3 is 9.88 Å². The molecule has 0 aliphatic carbocycles. The number of halogens is 3. The summed E-state index contributed by atoms with van der Waals surface area (Å²) in [5.41, 5.74) is -4.14. The fourth-order valence-corrected chi connectivity index (χ4v) is 1.78. The minimum absolute atomic E-state index is 0.0122. The molecule has 1 aromatic heterocycles. The Kier molecular flexibility index (Phi) is 4.67. The summed E-state index contributed by atoms with van der Waals surface area (Å²) in [6.45, 7) is 2.18. The quantitative estimate of drug-likeness (QED) is 0.817. The van der Waals surface area contributed by atoms with E-state index in [-0.39, 0.29) is 23.6 Å². The number of rotatable bonds is 5. The van der Waals surface area contributed by atoms with Crippen molar-refractivity contribution in [2.24, 2.45) is 7.05 Å². The maximum Gasteiger partial charge on any atom is 0.441 e. The van der Waals surface area contributed by atoms with Gasteiger partial charge in [0, 0.05) is 31.7 Å². The lowest BCUT2D eigenvalue weighted by atomic mass is 10.3. The largest absolute Gasteiger partial charge is 0.441 e. The Labute approximate surface area is 96.4 Å². The van der Waals surface area contributed by atoms with Crippen LogP contribution in [0.1, 0.15) is 18.8 Å². The molecule has 3 nitrogen and oxygen atoms in total. The number of nitrogens with zero attached hydrogens (tertiary/aromatic N) is 2. The fourth-order valence-electron chi connectivity index (χ4n) is 1.33. The summed E-state index contributed by atoms with van der Waals surface area (Å²) in [4.78, 5) is 4.11. The van der Waals surface area contributed by atoms with E-state index in [9.17, 15) is 13.2 Å². The highest BCUT2D eigenvalue weighted by atomic mass is 32.2. The number of hydrogen-bond donors (Lipinski definition) is 1. The van der Waals surface area contributed by atoms with E-state index in [0.29, 0.717) is 6.54 Å². The molecule has 0 bridgehead atoms. The molecule has 1 unspecified atom stereocenters. The monoisotopic (exact) mass is 253 g/mol. The molecule has 0 saturated carbocycles. The Bertz CT molecular complexity index is 324. The Morgan fingerprint density at radius 2 is 2.25 bits per heavy atom. The molecule has 0 aliphatic heterocycles. The molecule has 1 heterocycles. The van der Waals surface area contributed by atoms with Crippen molar-refractivity contribution >= 4 is 11.8 Å². The molecular weight excluding hydrogens is 239 g/mol. The Balaban J connectivity index is 2.26. The second kappa shape index (κ2) is 5.58. The van der Waals surface area contributed by atoms with Gasteiger partial charge in [-0.15, -0.1) is 0 Å². The lowest BCUT2D eigenvalue weighted by Crippen LogP contribution is -2.24. The first-order valence-electron chi connectivity index (χ1n) is 4.81. The first kappa shape index (κ1) is 13.4. The van der Waals surface area contributed by atoms with Gasteiger partial charge in [0.1, 0.15) is 5.82 Å². The van der Waals surface area contributed by atoms with Gasteiger partial charge in [-0.3, -0.25) is 0 Å². The molecular formula is C9H14F3N3S. The molecule has 92 valence electrons. The van der Waals surface area contributed by atoms with Gasteiger partial charge in [-0.25, -0.2) is 4.98 Å². The number of nitrogens with one attached hydrogen (secondary N) is 1. The lowest BCUT2D eigenvalue weighted by Gasteiger charge is -2.13. The summed E-state index contributed by atoms with van der Waals surface area (Å²) < 4.78 is 37.4. The smallest absolute Gasteiger partial charge is 0.337 e. The molecule has 16 heavy (non-hydrogen) atoms. The minimum atomic E-state index is -4.14. The van der Waals surface area contributed by atoms with Crippen molar-refractivity contribution in [3.05, 3.63) is 18.2 Å². The number of imidazole rings is 1. The van der Waals surface area contributed by atoms with Crippen LogP contribution in [0.15, 0.2) is 12.4 Å². The van der Waals surface area contributed by atoms with E-state index >= 15 is 0 Å². The first-order chi connectivity index (χ1) is 7.40. The van der Waals surface area contributed by atoms with Crippen LogP contribution in [0, 0.1) is 0 Å². The molecule has 1 rings (SSSR count). The van der Waals surface area contributed by atoms with Gasteiger partial charge in [0.05, 0.1) is 6.04 Å². The summed E-state index contributed by atoms with van der Waals surface area (Å²) >= 11 is -0.0127. The third-order valence-electron chi connectivity index (χ3n) is 2.06. The van der Waals surface area contributed by atoms with Crippen molar-refractivity contribution in [2.75, 3.05) is 12.3 Å². The zero-order chi connectivity index (χ0) is 12.2. The number of aryl methyl sites for hydroxylation is 1. The normalized spacial score (nSPS) is 14.1. The van der Waals surface area contributed by atoms with Gasteiger partial charge in [0.15, 0.2) is 0 Å². The van der Waals surface area contributed by atoms with E-state index < -0.39 is 5.51 Å². The van der Waals surface area contributed by atoms with Crippen LogP contribution in [0.5, 0.6) is 0 Å². The molecule has 0 fully saturated rings. The van der Waals surface area contributed by atoms with E-state index in [4.69, 9.17) is 0 Å². The first-order valence-corrected chi connectivity index (χ1v) is 5.80. The summed E-state index contributed by atoms with van der Waals surface area (Å²) in [5, 5.41) is 2.99. The molecule has 0 spiro atoms. The molecule has 1 aromatic rings. The molecule has 1 atom stereocenters. The maximum atomic E-state index is 11.8. The SMILES string of the molecule is CC(NCCSC(F)(F)F)c1nccn1C. The lowest BCUT2D eigenvalue weighted by molar-refractivity contribution is -0.0327. The molecule has 0 radical (unpaired) electrons. The standard InChI is InChI=1S/C9H14F3N3S/c1-7(8-14-3-5-15(8)2)13-4-6-16-9(10,11)12/h3,5,7,13H,4,6H2,1-2H3. The van der Waals surface area contributed by atoms with Crippen LogP contribution in [0.3, 0.4) is 0 Å². The van der Waals surface area contributed by atoms with Gasteiger partial charge in [0.2, 0.25) is 0 Å². The average molecular weight is 253 g/mol. The van der Waals surface area contributed by atoms with Crippen LogP contribution in [0.4, 0.5) is 13.2 Å². The Morgan fingerprint density at radius 3 is 2.75 bits per heavy atom. The van der Waals surface area contributed by atoms with E-state index in [1.165, 1.54) is 0 Å². The average Bonchev–Trinajstić information content (AvgIpc) is 2.57. The molecule has 7 heteroatoms. The number of hydrogen-bond acceptors (Lipinski definition) is 3.